The van der Waals surface area contributed by atoms with Crippen LogP contribution in [0.5, 0.6) is 5.88 Å². The van der Waals surface area contributed by atoms with E-state index in [9.17, 15) is 5.11 Å². The maximum Gasteiger partial charge on any atom is 0.213 e. The summed E-state index contributed by atoms with van der Waals surface area (Å²) in [5.41, 5.74) is 1.15. The quantitative estimate of drug-likeness (QED) is 0.451. The van der Waals surface area contributed by atoms with Crippen LogP contribution < -0.4 is 15.4 Å². The molecule has 0 aromatic carbocycles. The molecule has 24 heavy (non-hydrogen) atoms. The molecule has 136 valence electrons. The lowest BCUT2D eigenvalue weighted by Crippen LogP contribution is -2.43. The van der Waals surface area contributed by atoms with Crippen molar-refractivity contribution < 1.29 is 9.84 Å². The van der Waals surface area contributed by atoms with E-state index in [-0.39, 0.29) is 12.0 Å². The molecule has 1 aromatic heterocycles. The minimum Gasteiger partial charge on any atom is -0.481 e. The molecule has 1 heterocycles. The maximum atomic E-state index is 9.34. The number of aliphatic imine (C=N–C) groups is 1. The van der Waals surface area contributed by atoms with Crippen molar-refractivity contribution in [3.8, 4) is 5.88 Å². The Balaban J connectivity index is 2.74. The number of guanidine groups is 1. The average molecular weight is 336 g/mol. The van der Waals surface area contributed by atoms with Gasteiger partial charge >= 0.3 is 0 Å². The summed E-state index contributed by atoms with van der Waals surface area (Å²) in [6.07, 6.45) is 4.58. The van der Waals surface area contributed by atoms with Gasteiger partial charge in [-0.15, -0.1) is 0 Å². The van der Waals surface area contributed by atoms with E-state index in [4.69, 9.17) is 4.74 Å². The van der Waals surface area contributed by atoms with Gasteiger partial charge in [0.05, 0.1) is 13.7 Å². The van der Waals surface area contributed by atoms with Crippen LogP contribution in [0.3, 0.4) is 0 Å². The standard InChI is InChI=1S/C18H32N4O2/c1-5-18(6-2,9-11-23)14-22-17(19-7-3)21-13-15-8-10-20-16(12-15)24-4/h8,10,12,23H,5-7,9,11,13-14H2,1-4H3,(H2,19,21,22). The number of methoxy groups -OCH3 is 1. The van der Waals surface area contributed by atoms with Gasteiger partial charge in [0.2, 0.25) is 5.88 Å². The molecule has 1 aromatic rings. The number of hydrogen-bond acceptors (Lipinski definition) is 4. The predicted molar refractivity (Wildman–Crippen MR) is 98.3 cm³/mol. The molecule has 0 atom stereocenters. The molecular weight excluding hydrogens is 304 g/mol. The van der Waals surface area contributed by atoms with Gasteiger partial charge in [0.1, 0.15) is 0 Å². The van der Waals surface area contributed by atoms with Crippen LogP contribution in [-0.2, 0) is 6.54 Å². The molecule has 0 aliphatic rings. The Bertz CT molecular complexity index is 502. The third kappa shape index (κ3) is 6.35. The number of nitrogens with one attached hydrogen (secondary N) is 2. The number of aromatic nitrogens is 1. The highest BCUT2D eigenvalue weighted by molar-refractivity contribution is 5.79. The van der Waals surface area contributed by atoms with Crippen molar-refractivity contribution in [1.82, 2.24) is 15.6 Å². The molecule has 0 radical (unpaired) electrons. The molecular formula is C18H32N4O2. The monoisotopic (exact) mass is 336 g/mol. The number of hydrogen-bond donors (Lipinski definition) is 3. The second kappa shape index (κ2) is 10.9. The second-order valence-electron chi connectivity index (χ2n) is 5.94. The molecule has 0 unspecified atom stereocenters. The fourth-order valence-electron chi connectivity index (χ4n) is 2.62. The van der Waals surface area contributed by atoms with Crippen LogP contribution in [-0.4, -0.2) is 42.9 Å². The summed E-state index contributed by atoms with van der Waals surface area (Å²) in [5.74, 6) is 1.39. The van der Waals surface area contributed by atoms with Crippen LogP contribution in [0.15, 0.2) is 23.3 Å². The smallest absolute Gasteiger partial charge is 0.213 e. The van der Waals surface area contributed by atoms with Gasteiger partial charge in [-0.2, -0.15) is 0 Å². The summed E-state index contributed by atoms with van der Waals surface area (Å²) >= 11 is 0. The molecule has 0 bridgehead atoms. The van der Waals surface area contributed by atoms with Crippen molar-refractivity contribution >= 4 is 5.96 Å². The Morgan fingerprint density at radius 2 is 2.04 bits per heavy atom. The van der Waals surface area contributed by atoms with E-state index in [0.717, 1.165) is 43.9 Å². The van der Waals surface area contributed by atoms with Gasteiger partial charge in [-0.25, -0.2) is 9.98 Å². The number of ether oxygens (including phenoxy) is 1. The van der Waals surface area contributed by atoms with Crippen molar-refractivity contribution in [2.75, 3.05) is 26.8 Å². The third-order valence-corrected chi connectivity index (χ3v) is 4.55. The van der Waals surface area contributed by atoms with Gasteiger partial charge in [-0.3, -0.25) is 0 Å². The van der Waals surface area contributed by atoms with Crippen LogP contribution in [0.25, 0.3) is 0 Å². The van der Waals surface area contributed by atoms with Crippen LogP contribution in [0.1, 0.15) is 45.6 Å². The Morgan fingerprint density at radius 1 is 1.29 bits per heavy atom. The zero-order valence-corrected chi connectivity index (χ0v) is 15.4. The first-order chi connectivity index (χ1) is 11.6. The largest absolute Gasteiger partial charge is 0.481 e. The van der Waals surface area contributed by atoms with E-state index in [1.54, 1.807) is 13.3 Å². The summed E-state index contributed by atoms with van der Waals surface area (Å²) in [6.45, 7) is 8.77. The van der Waals surface area contributed by atoms with Crippen molar-refractivity contribution in [3.05, 3.63) is 23.9 Å². The first kappa shape index (κ1) is 20.2. The van der Waals surface area contributed by atoms with Crippen molar-refractivity contribution in [3.63, 3.8) is 0 Å². The first-order valence-corrected chi connectivity index (χ1v) is 8.75. The lowest BCUT2D eigenvalue weighted by molar-refractivity contribution is 0.169. The molecule has 6 nitrogen and oxygen atoms in total. The Morgan fingerprint density at radius 3 is 2.62 bits per heavy atom. The van der Waals surface area contributed by atoms with E-state index in [2.05, 4.69) is 34.5 Å². The topological polar surface area (TPSA) is 78.8 Å². The number of aliphatic hydroxyl groups is 1. The van der Waals surface area contributed by atoms with Gasteiger partial charge in [0.25, 0.3) is 0 Å². The molecule has 0 amide bonds. The summed E-state index contributed by atoms with van der Waals surface area (Å²) in [6, 6.07) is 3.82. The van der Waals surface area contributed by atoms with E-state index in [1.165, 1.54) is 0 Å². The fourth-order valence-corrected chi connectivity index (χ4v) is 2.62. The summed E-state index contributed by atoms with van der Waals surface area (Å²) in [5, 5.41) is 16.0. The Kier molecular flexibility index (Phi) is 9.15. The average Bonchev–Trinajstić information content (AvgIpc) is 2.63. The maximum absolute atomic E-state index is 9.34. The van der Waals surface area contributed by atoms with Crippen LogP contribution in [0, 0.1) is 5.41 Å². The molecule has 0 aliphatic carbocycles. The van der Waals surface area contributed by atoms with Crippen LogP contribution in [0.4, 0.5) is 0 Å². The lowest BCUT2D eigenvalue weighted by atomic mass is 9.79. The molecule has 0 aliphatic heterocycles. The highest BCUT2D eigenvalue weighted by atomic mass is 16.5. The first-order valence-electron chi connectivity index (χ1n) is 8.75. The predicted octanol–water partition coefficient (Wildman–Crippen LogP) is 2.33. The van der Waals surface area contributed by atoms with E-state index < -0.39 is 0 Å². The highest BCUT2D eigenvalue weighted by Crippen LogP contribution is 2.29. The van der Waals surface area contributed by atoms with Crippen molar-refractivity contribution in [2.45, 2.75) is 46.6 Å². The number of pyridine rings is 1. The highest BCUT2D eigenvalue weighted by Gasteiger charge is 2.25. The third-order valence-electron chi connectivity index (χ3n) is 4.55. The number of rotatable bonds is 10. The van der Waals surface area contributed by atoms with E-state index in [1.807, 2.05) is 19.1 Å². The van der Waals surface area contributed by atoms with Crippen LogP contribution in [0.2, 0.25) is 0 Å². The number of aliphatic hydroxyl groups excluding tert-OH is 1. The summed E-state index contributed by atoms with van der Waals surface area (Å²) < 4.78 is 5.14. The molecule has 0 saturated heterocycles. The number of nitrogens with zero attached hydrogens (tertiary/aromatic N) is 2. The molecule has 0 spiro atoms. The van der Waals surface area contributed by atoms with Gasteiger partial charge in [-0.1, -0.05) is 13.8 Å². The van der Waals surface area contributed by atoms with E-state index >= 15 is 0 Å². The summed E-state index contributed by atoms with van der Waals surface area (Å²) in [7, 11) is 1.61. The zero-order chi connectivity index (χ0) is 17.8. The lowest BCUT2D eigenvalue weighted by Gasteiger charge is -2.32. The van der Waals surface area contributed by atoms with Crippen molar-refractivity contribution in [1.29, 1.82) is 0 Å². The van der Waals surface area contributed by atoms with E-state index in [0.29, 0.717) is 12.4 Å². The van der Waals surface area contributed by atoms with Crippen LogP contribution >= 0.6 is 0 Å². The molecule has 0 saturated carbocycles. The molecule has 6 heteroatoms. The molecule has 0 fully saturated rings. The van der Waals surface area contributed by atoms with Crippen molar-refractivity contribution in [2.24, 2.45) is 10.4 Å². The minimum atomic E-state index is 0.102. The molecule has 1 rings (SSSR count). The van der Waals surface area contributed by atoms with Gasteiger partial charge in [0, 0.05) is 32.0 Å². The fraction of sp³-hybridized carbons (Fsp3) is 0.667. The molecule has 3 N–H and O–H groups in total. The normalized spacial score (nSPS) is 12.1. The van der Waals surface area contributed by atoms with Gasteiger partial charge in [-0.05, 0) is 43.2 Å². The SMILES string of the molecule is CCNC(=NCc1ccnc(OC)c1)NCC(CC)(CC)CCO. The zero-order valence-electron chi connectivity index (χ0n) is 15.4. The minimum absolute atomic E-state index is 0.102. The summed E-state index contributed by atoms with van der Waals surface area (Å²) in [4.78, 5) is 8.75. The van der Waals surface area contributed by atoms with Gasteiger partial charge < -0.3 is 20.5 Å². The second-order valence-corrected chi connectivity index (χ2v) is 5.94. The Hall–Kier alpha value is -1.82. The van der Waals surface area contributed by atoms with Gasteiger partial charge in [0.15, 0.2) is 5.96 Å². The Labute approximate surface area is 145 Å².